The van der Waals surface area contributed by atoms with E-state index in [0.717, 1.165) is 0 Å². The number of aliphatic hydroxyl groups excluding tert-OH is 1. The summed E-state index contributed by atoms with van der Waals surface area (Å²) in [6, 6.07) is 0. The van der Waals surface area contributed by atoms with E-state index in [-0.39, 0.29) is 30.1 Å². The minimum Gasteiger partial charge on any atom is -0.396 e. The van der Waals surface area contributed by atoms with Crippen molar-refractivity contribution in [3.63, 3.8) is 0 Å². The molecule has 1 aliphatic rings. The van der Waals surface area contributed by atoms with Gasteiger partial charge in [0.1, 0.15) is 12.2 Å². The van der Waals surface area contributed by atoms with Gasteiger partial charge in [-0.15, -0.1) is 0 Å². The first-order valence-electron chi connectivity index (χ1n) is 5.15. The van der Waals surface area contributed by atoms with Crippen LogP contribution in [0, 0.1) is 17.3 Å². The summed E-state index contributed by atoms with van der Waals surface area (Å²) in [5, 5.41) is 8.99. The largest absolute Gasteiger partial charge is 0.396 e. The molecule has 0 spiro atoms. The van der Waals surface area contributed by atoms with Gasteiger partial charge in [0, 0.05) is 12.5 Å². The first-order chi connectivity index (χ1) is 7.30. The van der Waals surface area contributed by atoms with Crippen LogP contribution in [0.1, 0.15) is 27.2 Å². The minimum absolute atomic E-state index is 0.104. The molecule has 5 nitrogen and oxygen atoms in total. The molecule has 90 valence electrons. The highest BCUT2D eigenvalue weighted by atomic mass is 16.6. The second-order valence-electron chi connectivity index (χ2n) is 4.76. The highest BCUT2D eigenvalue weighted by Gasteiger charge is 2.62. The van der Waals surface area contributed by atoms with Crippen molar-refractivity contribution in [2.24, 2.45) is 17.3 Å². The molecule has 5 heteroatoms. The van der Waals surface area contributed by atoms with Gasteiger partial charge in [0.15, 0.2) is 0 Å². The van der Waals surface area contributed by atoms with Crippen LogP contribution >= 0.6 is 0 Å². The average molecular weight is 228 g/mol. The molecule has 0 aromatic carbocycles. The summed E-state index contributed by atoms with van der Waals surface area (Å²) in [7, 11) is 0. The van der Waals surface area contributed by atoms with Gasteiger partial charge in [0.05, 0.1) is 5.92 Å². The van der Waals surface area contributed by atoms with E-state index in [2.05, 4.69) is 4.74 Å². The van der Waals surface area contributed by atoms with Gasteiger partial charge in [-0.25, -0.2) is 0 Å². The SMILES string of the molecule is CC(=O)CC(=O)OC(=O)C1C(CO)C1(C)C. The van der Waals surface area contributed by atoms with Crippen molar-refractivity contribution in [1.82, 2.24) is 0 Å². The van der Waals surface area contributed by atoms with Crippen molar-refractivity contribution in [3.05, 3.63) is 0 Å². The van der Waals surface area contributed by atoms with Crippen LogP contribution in [0.15, 0.2) is 0 Å². The second kappa shape index (κ2) is 4.33. The topological polar surface area (TPSA) is 80.7 Å². The molecule has 0 amide bonds. The number of Topliss-reactive ketones (excluding diaryl/α,β-unsaturated/α-hetero) is 1. The molecule has 0 aromatic heterocycles. The summed E-state index contributed by atoms with van der Waals surface area (Å²) in [5.41, 5.74) is -0.331. The van der Waals surface area contributed by atoms with Crippen molar-refractivity contribution in [3.8, 4) is 0 Å². The fourth-order valence-electron chi connectivity index (χ4n) is 1.97. The number of ketones is 1. The molecule has 0 radical (unpaired) electrons. The minimum atomic E-state index is -0.822. The van der Waals surface area contributed by atoms with Crippen molar-refractivity contribution < 1.29 is 24.2 Å². The van der Waals surface area contributed by atoms with Gasteiger partial charge in [-0.1, -0.05) is 13.8 Å². The van der Waals surface area contributed by atoms with Gasteiger partial charge in [-0.05, 0) is 12.3 Å². The number of carbonyl (C=O) groups excluding carboxylic acids is 3. The van der Waals surface area contributed by atoms with Crippen LogP contribution in [-0.2, 0) is 19.1 Å². The van der Waals surface area contributed by atoms with E-state index in [1.165, 1.54) is 6.92 Å². The zero-order valence-electron chi connectivity index (χ0n) is 9.65. The Morgan fingerprint density at radius 2 is 1.88 bits per heavy atom. The monoisotopic (exact) mass is 228 g/mol. The van der Waals surface area contributed by atoms with Crippen LogP contribution in [0.4, 0.5) is 0 Å². The molecule has 1 aliphatic carbocycles. The molecule has 1 saturated carbocycles. The number of aliphatic hydroxyl groups is 1. The maximum Gasteiger partial charge on any atom is 0.320 e. The Hall–Kier alpha value is -1.23. The van der Waals surface area contributed by atoms with Crippen LogP contribution in [0.2, 0.25) is 0 Å². The molecular formula is C11H16O5. The fraction of sp³-hybridized carbons (Fsp3) is 0.727. The average Bonchev–Trinajstić information content (AvgIpc) is 2.65. The van der Waals surface area contributed by atoms with E-state index >= 15 is 0 Å². The Kier molecular flexibility index (Phi) is 3.48. The number of hydrogen-bond acceptors (Lipinski definition) is 5. The van der Waals surface area contributed by atoms with Crippen molar-refractivity contribution in [2.45, 2.75) is 27.2 Å². The van der Waals surface area contributed by atoms with Gasteiger partial charge < -0.3 is 9.84 Å². The van der Waals surface area contributed by atoms with Crippen LogP contribution in [0.3, 0.4) is 0 Å². The van der Waals surface area contributed by atoms with E-state index in [1.807, 2.05) is 13.8 Å². The van der Waals surface area contributed by atoms with Gasteiger partial charge in [0.2, 0.25) is 0 Å². The molecule has 2 unspecified atom stereocenters. The molecule has 0 saturated heterocycles. The molecule has 16 heavy (non-hydrogen) atoms. The molecule has 1 fully saturated rings. The lowest BCUT2D eigenvalue weighted by atomic mass is 10.1. The highest BCUT2D eigenvalue weighted by Crippen LogP contribution is 2.58. The first-order valence-corrected chi connectivity index (χ1v) is 5.15. The zero-order chi connectivity index (χ0) is 12.5. The van der Waals surface area contributed by atoms with E-state index in [1.54, 1.807) is 0 Å². The van der Waals surface area contributed by atoms with E-state index in [9.17, 15) is 14.4 Å². The van der Waals surface area contributed by atoms with Gasteiger partial charge in [-0.2, -0.15) is 0 Å². The van der Waals surface area contributed by atoms with Gasteiger partial charge >= 0.3 is 11.9 Å². The molecule has 1 N–H and O–H groups in total. The summed E-state index contributed by atoms with van der Waals surface area (Å²) in [6.07, 6.45) is -0.386. The summed E-state index contributed by atoms with van der Waals surface area (Å²) in [6.45, 7) is 4.81. The Morgan fingerprint density at radius 3 is 2.25 bits per heavy atom. The summed E-state index contributed by atoms with van der Waals surface area (Å²) < 4.78 is 4.54. The number of ether oxygens (including phenoxy) is 1. The van der Waals surface area contributed by atoms with E-state index in [4.69, 9.17) is 5.11 Å². The van der Waals surface area contributed by atoms with E-state index < -0.39 is 17.9 Å². The molecule has 0 heterocycles. The predicted octanol–water partition coefficient (Wildman–Crippen LogP) is 0.300. The number of carbonyl (C=O) groups is 3. The van der Waals surface area contributed by atoms with Crippen LogP contribution in [0.25, 0.3) is 0 Å². The Morgan fingerprint density at radius 1 is 1.31 bits per heavy atom. The van der Waals surface area contributed by atoms with E-state index in [0.29, 0.717) is 0 Å². The maximum atomic E-state index is 11.5. The van der Waals surface area contributed by atoms with Crippen LogP contribution < -0.4 is 0 Å². The first kappa shape index (κ1) is 12.8. The van der Waals surface area contributed by atoms with Crippen molar-refractivity contribution in [1.29, 1.82) is 0 Å². The molecule has 0 aliphatic heterocycles. The third-order valence-electron chi connectivity index (χ3n) is 3.11. The fourth-order valence-corrected chi connectivity index (χ4v) is 1.97. The second-order valence-corrected chi connectivity index (χ2v) is 4.76. The molecule has 2 atom stereocenters. The smallest absolute Gasteiger partial charge is 0.320 e. The summed E-state index contributed by atoms with van der Waals surface area (Å²) in [5.74, 6) is -2.42. The van der Waals surface area contributed by atoms with Gasteiger partial charge in [0.25, 0.3) is 0 Å². The Balaban J connectivity index is 2.49. The lowest BCUT2D eigenvalue weighted by molar-refractivity contribution is -0.161. The summed E-state index contributed by atoms with van der Waals surface area (Å²) >= 11 is 0. The Labute approximate surface area is 93.8 Å². The number of esters is 2. The lowest BCUT2D eigenvalue weighted by Gasteiger charge is -2.02. The van der Waals surface area contributed by atoms with Gasteiger partial charge in [-0.3, -0.25) is 14.4 Å². The van der Waals surface area contributed by atoms with Crippen molar-refractivity contribution >= 4 is 17.7 Å². The third kappa shape index (κ3) is 2.47. The molecule has 1 rings (SSSR count). The number of rotatable bonds is 4. The third-order valence-corrected chi connectivity index (χ3v) is 3.11. The standard InChI is InChI=1S/C11H16O5/c1-6(13)4-8(14)16-10(15)9-7(5-12)11(9,2)3/h7,9,12H,4-5H2,1-3H3. The maximum absolute atomic E-state index is 11.5. The van der Waals surface area contributed by atoms with Crippen molar-refractivity contribution in [2.75, 3.05) is 6.61 Å². The molecular weight excluding hydrogens is 212 g/mol. The predicted molar refractivity (Wildman–Crippen MR) is 54.2 cm³/mol. The normalized spacial score (nSPS) is 26.0. The Bertz CT molecular complexity index is 331. The molecule has 0 aromatic rings. The van der Waals surface area contributed by atoms with Crippen LogP contribution in [0.5, 0.6) is 0 Å². The summed E-state index contributed by atoms with van der Waals surface area (Å²) in [4.78, 5) is 33.2. The molecule has 0 bridgehead atoms. The lowest BCUT2D eigenvalue weighted by Crippen LogP contribution is -2.18. The zero-order valence-corrected chi connectivity index (χ0v) is 9.65. The quantitative estimate of drug-likeness (QED) is 0.553. The van der Waals surface area contributed by atoms with Crippen LogP contribution in [-0.4, -0.2) is 29.4 Å². The highest BCUT2D eigenvalue weighted by molar-refractivity contribution is 5.99. The number of hydrogen-bond donors (Lipinski definition) is 1.